The van der Waals surface area contributed by atoms with Crippen LogP contribution in [-0.4, -0.2) is 68.8 Å². The van der Waals surface area contributed by atoms with Crippen LogP contribution in [0.25, 0.3) is 0 Å². The Kier molecular flexibility index (Phi) is 8.43. The van der Waals surface area contributed by atoms with Gasteiger partial charge in [-0.3, -0.25) is 4.90 Å². The fraction of sp³-hybridized carbons (Fsp3) is 0.520. The molecule has 4 nitrogen and oxygen atoms in total. The number of aryl methyl sites for hydroxylation is 1. The van der Waals surface area contributed by atoms with Gasteiger partial charge in [0.05, 0.1) is 7.11 Å². The smallest absolute Gasteiger partial charge is 0.119 e. The molecule has 30 heavy (non-hydrogen) atoms. The summed E-state index contributed by atoms with van der Waals surface area (Å²) in [6, 6.07) is 18.1. The molecule has 5 heteroatoms. The molecular formula is C25H36ClN3O. The number of halogens is 1. The molecule has 0 bridgehead atoms. The van der Waals surface area contributed by atoms with E-state index in [1.165, 1.54) is 68.8 Å². The van der Waals surface area contributed by atoms with Crippen molar-refractivity contribution in [3.05, 3.63) is 59.7 Å². The first-order valence-corrected chi connectivity index (χ1v) is 11.1. The standard InChI is InChI=1S/C25H35N3O.ClH/c1-21-20-24(29-2)8-9-25(21)28-18-16-27(17-19-28)23-11-14-26(15-12-23)13-10-22-6-4-3-5-7-22;/h3-9,20,23H,10-19H2,1-2H3;1H. The summed E-state index contributed by atoms with van der Waals surface area (Å²) in [5.41, 5.74) is 4.13. The Morgan fingerprint density at radius 2 is 1.60 bits per heavy atom. The minimum absolute atomic E-state index is 0. The predicted molar refractivity (Wildman–Crippen MR) is 128 cm³/mol. The number of ether oxygens (including phenoxy) is 1. The highest BCUT2D eigenvalue weighted by atomic mass is 35.5. The zero-order chi connectivity index (χ0) is 20.1. The van der Waals surface area contributed by atoms with Crippen molar-refractivity contribution >= 4 is 18.1 Å². The quantitative estimate of drug-likeness (QED) is 0.683. The van der Waals surface area contributed by atoms with Crippen LogP contribution in [0.15, 0.2) is 48.5 Å². The Bertz CT molecular complexity index is 769. The van der Waals surface area contributed by atoms with E-state index in [0.29, 0.717) is 0 Å². The van der Waals surface area contributed by atoms with E-state index in [4.69, 9.17) is 4.74 Å². The Morgan fingerprint density at radius 1 is 0.900 bits per heavy atom. The average Bonchev–Trinajstić information content (AvgIpc) is 2.79. The highest BCUT2D eigenvalue weighted by Crippen LogP contribution is 2.27. The van der Waals surface area contributed by atoms with E-state index < -0.39 is 0 Å². The van der Waals surface area contributed by atoms with Crippen LogP contribution >= 0.6 is 12.4 Å². The van der Waals surface area contributed by atoms with Gasteiger partial charge in [-0.1, -0.05) is 30.3 Å². The SMILES string of the molecule is COc1ccc(N2CCN(C3CCN(CCc4ccccc4)CC3)CC2)c(C)c1.Cl. The fourth-order valence-corrected chi connectivity index (χ4v) is 4.88. The minimum atomic E-state index is 0. The first-order chi connectivity index (χ1) is 14.2. The van der Waals surface area contributed by atoms with Crippen molar-refractivity contribution in [2.24, 2.45) is 0 Å². The summed E-state index contributed by atoms with van der Waals surface area (Å²) in [7, 11) is 1.74. The summed E-state index contributed by atoms with van der Waals surface area (Å²) in [4.78, 5) is 7.94. The number of rotatable bonds is 6. The Morgan fingerprint density at radius 3 is 2.23 bits per heavy atom. The molecule has 0 aromatic heterocycles. The van der Waals surface area contributed by atoms with Gasteiger partial charge in [0.1, 0.15) is 5.75 Å². The molecule has 2 aromatic carbocycles. The molecule has 2 aliphatic heterocycles. The van der Waals surface area contributed by atoms with Crippen molar-refractivity contribution in [2.75, 3.05) is 57.8 Å². The molecule has 0 amide bonds. The molecule has 0 spiro atoms. The summed E-state index contributed by atoms with van der Waals surface area (Å²) in [5.74, 6) is 0.948. The Labute approximate surface area is 188 Å². The highest BCUT2D eigenvalue weighted by Gasteiger charge is 2.27. The fourth-order valence-electron chi connectivity index (χ4n) is 4.88. The molecule has 0 N–H and O–H groups in total. The maximum Gasteiger partial charge on any atom is 0.119 e. The molecule has 2 fully saturated rings. The second-order valence-electron chi connectivity index (χ2n) is 8.48. The topological polar surface area (TPSA) is 19.0 Å². The number of methoxy groups -OCH3 is 1. The summed E-state index contributed by atoms with van der Waals surface area (Å²) >= 11 is 0. The molecule has 0 radical (unpaired) electrons. The number of piperazine rings is 1. The average molecular weight is 430 g/mol. The lowest BCUT2D eigenvalue weighted by molar-refractivity contribution is 0.104. The van der Waals surface area contributed by atoms with E-state index in [0.717, 1.165) is 24.9 Å². The van der Waals surface area contributed by atoms with Crippen LogP contribution in [0, 0.1) is 6.92 Å². The molecule has 0 aliphatic carbocycles. The predicted octanol–water partition coefficient (Wildman–Crippen LogP) is 4.25. The number of nitrogens with zero attached hydrogens (tertiary/aromatic N) is 3. The third-order valence-electron chi connectivity index (χ3n) is 6.69. The molecule has 2 saturated heterocycles. The van der Waals surface area contributed by atoms with Gasteiger partial charge in [-0.15, -0.1) is 12.4 Å². The molecule has 4 rings (SSSR count). The normalized spacial score (nSPS) is 18.8. The Hall–Kier alpha value is -1.75. The molecule has 2 aromatic rings. The van der Waals surface area contributed by atoms with Gasteiger partial charge in [-0.25, -0.2) is 0 Å². The van der Waals surface area contributed by atoms with E-state index in [2.05, 4.69) is 70.2 Å². The van der Waals surface area contributed by atoms with Gasteiger partial charge >= 0.3 is 0 Å². The first kappa shape index (κ1) is 22.9. The summed E-state index contributed by atoms with van der Waals surface area (Å²) in [6.45, 7) is 10.5. The van der Waals surface area contributed by atoms with Crippen LogP contribution < -0.4 is 9.64 Å². The summed E-state index contributed by atoms with van der Waals surface area (Å²) in [5, 5.41) is 0. The van der Waals surface area contributed by atoms with Gasteiger partial charge in [0.2, 0.25) is 0 Å². The lowest BCUT2D eigenvalue weighted by atomic mass is 10.0. The highest BCUT2D eigenvalue weighted by molar-refractivity contribution is 5.85. The molecule has 2 heterocycles. The maximum atomic E-state index is 5.35. The minimum Gasteiger partial charge on any atom is -0.497 e. The van der Waals surface area contributed by atoms with Crippen molar-refractivity contribution in [1.29, 1.82) is 0 Å². The zero-order valence-corrected chi connectivity index (χ0v) is 19.2. The van der Waals surface area contributed by atoms with Gasteiger partial charge in [-0.05, 0) is 68.6 Å². The van der Waals surface area contributed by atoms with Gasteiger partial charge in [0.25, 0.3) is 0 Å². The largest absolute Gasteiger partial charge is 0.497 e. The number of piperidine rings is 1. The number of hydrogen-bond acceptors (Lipinski definition) is 4. The maximum absolute atomic E-state index is 5.35. The summed E-state index contributed by atoms with van der Waals surface area (Å²) < 4.78 is 5.35. The lowest BCUT2D eigenvalue weighted by Gasteiger charge is -2.43. The number of benzene rings is 2. The zero-order valence-electron chi connectivity index (χ0n) is 18.4. The van der Waals surface area contributed by atoms with Gasteiger partial charge in [-0.2, -0.15) is 0 Å². The van der Waals surface area contributed by atoms with E-state index in [9.17, 15) is 0 Å². The van der Waals surface area contributed by atoms with Crippen LogP contribution in [0.1, 0.15) is 24.0 Å². The molecule has 0 atom stereocenters. The van der Waals surface area contributed by atoms with E-state index >= 15 is 0 Å². The molecule has 0 saturated carbocycles. The van der Waals surface area contributed by atoms with E-state index in [1.807, 2.05) is 0 Å². The third-order valence-corrected chi connectivity index (χ3v) is 6.69. The van der Waals surface area contributed by atoms with Crippen molar-refractivity contribution < 1.29 is 4.74 Å². The van der Waals surface area contributed by atoms with Crippen LogP contribution in [0.4, 0.5) is 5.69 Å². The number of anilines is 1. The lowest BCUT2D eigenvalue weighted by Crippen LogP contribution is -2.53. The monoisotopic (exact) mass is 429 g/mol. The second-order valence-corrected chi connectivity index (χ2v) is 8.48. The molecule has 0 unspecified atom stereocenters. The van der Waals surface area contributed by atoms with E-state index in [-0.39, 0.29) is 12.4 Å². The Balaban J connectivity index is 0.00000256. The number of likely N-dealkylation sites (tertiary alicyclic amines) is 1. The number of hydrogen-bond donors (Lipinski definition) is 0. The molecular weight excluding hydrogens is 394 g/mol. The van der Waals surface area contributed by atoms with Gasteiger partial charge < -0.3 is 14.5 Å². The van der Waals surface area contributed by atoms with Gasteiger partial charge in [0, 0.05) is 44.5 Å². The molecule has 164 valence electrons. The second kappa shape index (κ2) is 11.0. The van der Waals surface area contributed by atoms with Gasteiger partial charge in [0.15, 0.2) is 0 Å². The first-order valence-electron chi connectivity index (χ1n) is 11.1. The van der Waals surface area contributed by atoms with Crippen LogP contribution in [-0.2, 0) is 6.42 Å². The molecule has 2 aliphatic rings. The van der Waals surface area contributed by atoms with Crippen molar-refractivity contribution in [1.82, 2.24) is 9.80 Å². The van der Waals surface area contributed by atoms with Crippen molar-refractivity contribution in [2.45, 2.75) is 32.2 Å². The van der Waals surface area contributed by atoms with Crippen molar-refractivity contribution in [3.8, 4) is 5.75 Å². The van der Waals surface area contributed by atoms with E-state index in [1.54, 1.807) is 7.11 Å². The van der Waals surface area contributed by atoms with Crippen LogP contribution in [0.3, 0.4) is 0 Å². The van der Waals surface area contributed by atoms with Crippen molar-refractivity contribution in [3.63, 3.8) is 0 Å². The van der Waals surface area contributed by atoms with Crippen LogP contribution in [0.5, 0.6) is 5.75 Å². The van der Waals surface area contributed by atoms with Crippen LogP contribution in [0.2, 0.25) is 0 Å². The third kappa shape index (κ3) is 5.69. The summed E-state index contributed by atoms with van der Waals surface area (Å²) in [6.07, 6.45) is 3.80.